The number of aryl methyl sites for hydroxylation is 1. The topological polar surface area (TPSA) is 59.9 Å². The van der Waals surface area contributed by atoms with Gasteiger partial charge >= 0.3 is 0 Å². The van der Waals surface area contributed by atoms with E-state index < -0.39 is 6.10 Å². The number of rotatable bonds is 7. The maximum absolute atomic E-state index is 10.4. The van der Waals surface area contributed by atoms with Crippen molar-refractivity contribution in [1.29, 1.82) is 0 Å². The molecular weight excluding hydrogens is 324 g/mol. The number of aliphatic hydroxyl groups excluding tert-OH is 1. The molecule has 1 aromatic carbocycles. The van der Waals surface area contributed by atoms with Crippen molar-refractivity contribution < 1.29 is 5.11 Å². The van der Waals surface area contributed by atoms with Crippen molar-refractivity contribution in [3.63, 3.8) is 0 Å². The number of hydrogen-bond donors (Lipinski definition) is 3. The summed E-state index contributed by atoms with van der Waals surface area (Å²) < 4.78 is 0. The van der Waals surface area contributed by atoms with Crippen molar-refractivity contribution >= 4 is 5.96 Å². The fourth-order valence-corrected chi connectivity index (χ4v) is 3.36. The Morgan fingerprint density at radius 3 is 2.46 bits per heavy atom. The molecule has 0 radical (unpaired) electrons. The van der Waals surface area contributed by atoms with Gasteiger partial charge in [-0.05, 0) is 38.2 Å². The number of benzene rings is 1. The van der Waals surface area contributed by atoms with E-state index in [9.17, 15) is 5.11 Å². The molecule has 5 heteroatoms. The van der Waals surface area contributed by atoms with Crippen LogP contribution in [0.3, 0.4) is 0 Å². The maximum Gasteiger partial charge on any atom is 0.191 e. The highest BCUT2D eigenvalue weighted by Gasteiger charge is 2.20. The summed E-state index contributed by atoms with van der Waals surface area (Å²) in [6.45, 7) is 13.3. The van der Waals surface area contributed by atoms with Crippen LogP contribution >= 0.6 is 0 Å². The maximum atomic E-state index is 10.4. The molecule has 2 rings (SSSR count). The van der Waals surface area contributed by atoms with E-state index in [0.717, 1.165) is 49.9 Å². The molecule has 0 aromatic heterocycles. The van der Waals surface area contributed by atoms with Crippen LogP contribution in [-0.4, -0.2) is 54.7 Å². The average molecular weight is 361 g/mol. The third-order valence-electron chi connectivity index (χ3n) is 4.78. The smallest absolute Gasteiger partial charge is 0.191 e. The van der Waals surface area contributed by atoms with Gasteiger partial charge in [0.15, 0.2) is 5.96 Å². The lowest BCUT2D eigenvalue weighted by Gasteiger charge is -2.34. The molecule has 0 saturated carbocycles. The summed E-state index contributed by atoms with van der Waals surface area (Å²) >= 11 is 0. The van der Waals surface area contributed by atoms with Gasteiger partial charge < -0.3 is 20.6 Å². The third kappa shape index (κ3) is 6.96. The van der Waals surface area contributed by atoms with Gasteiger partial charge in [-0.3, -0.25) is 4.99 Å². The van der Waals surface area contributed by atoms with Crippen LogP contribution in [-0.2, 0) is 0 Å². The Morgan fingerprint density at radius 2 is 1.88 bits per heavy atom. The zero-order chi connectivity index (χ0) is 18.9. The number of nitrogens with zero attached hydrogens (tertiary/aromatic N) is 2. The molecule has 0 amide bonds. The average Bonchev–Trinajstić information content (AvgIpc) is 2.61. The Bertz CT molecular complexity index is 548. The highest BCUT2D eigenvalue weighted by molar-refractivity contribution is 5.80. The van der Waals surface area contributed by atoms with Crippen LogP contribution in [0.1, 0.15) is 50.8 Å². The van der Waals surface area contributed by atoms with Crippen LogP contribution < -0.4 is 10.6 Å². The van der Waals surface area contributed by atoms with Gasteiger partial charge in [-0.1, -0.05) is 43.7 Å². The molecule has 0 spiro atoms. The SMILES string of the molecule is CCNC(=NCC(O)c1ccc(C)cc1)NC1CCN(CC(C)C)CC1. The fourth-order valence-electron chi connectivity index (χ4n) is 3.36. The number of nitrogens with one attached hydrogen (secondary N) is 2. The van der Waals surface area contributed by atoms with Crippen LogP contribution in [0.5, 0.6) is 0 Å². The second-order valence-electron chi connectivity index (χ2n) is 7.76. The predicted octanol–water partition coefficient (Wildman–Crippen LogP) is 2.70. The summed E-state index contributed by atoms with van der Waals surface area (Å²) in [5.74, 6) is 1.53. The van der Waals surface area contributed by atoms with E-state index in [1.54, 1.807) is 0 Å². The van der Waals surface area contributed by atoms with Gasteiger partial charge in [-0.15, -0.1) is 0 Å². The first kappa shape index (κ1) is 20.7. The highest BCUT2D eigenvalue weighted by atomic mass is 16.3. The van der Waals surface area contributed by atoms with Crippen molar-refractivity contribution in [3.8, 4) is 0 Å². The standard InChI is InChI=1S/C21H36N4O/c1-5-22-21(23-14-20(26)18-8-6-17(4)7-9-18)24-19-10-12-25(13-11-19)15-16(2)3/h6-9,16,19-20,26H,5,10-15H2,1-4H3,(H2,22,23,24). The van der Waals surface area contributed by atoms with Crippen molar-refractivity contribution in [1.82, 2.24) is 15.5 Å². The second kappa shape index (κ2) is 10.5. The zero-order valence-corrected chi connectivity index (χ0v) is 16.8. The van der Waals surface area contributed by atoms with Gasteiger partial charge in [0.1, 0.15) is 0 Å². The van der Waals surface area contributed by atoms with Crippen LogP contribution in [0.25, 0.3) is 0 Å². The molecule has 1 saturated heterocycles. The van der Waals surface area contributed by atoms with Crippen molar-refractivity contribution in [2.24, 2.45) is 10.9 Å². The predicted molar refractivity (Wildman–Crippen MR) is 110 cm³/mol. The summed E-state index contributed by atoms with van der Waals surface area (Å²) in [7, 11) is 0. The third-order valence-corrected chi connectivity index (χ3v) is 4.78. The van der Waals surface area contributed by atoms with Gasteiger partial charge in [-0.25, -0.2) is 0 Å². The molecular formula is C21H36N4O. The minimum atomic E-state index is -0.570. The quantitative estimate of drug-likeness (QED) is 0.517. The fraction of sp³-hybridized carbons (Fsp3) is 0.667. The summed E-state index contributed by atoms with van der Waals surface area (Å²) in [4.78, 5) is 7.15. The Balaban J connectivity index is 1.85. The second-order valence-corrected chi connectivity index (χ2v) is 7.76. The van der Waals surface area contributed by atoms with E-state index in [1.165, 1.54) is 12.1 Å². The van der Waals surface area contributed by atoms with E-state index in [0.29, 0.717) is 12.6 Å². The largest absolute Gasteiger partial charge is 0.386 e. The number of likely N-dealkylation sites (tertiary alicyclic amines) is 1. The molecule has 0 bridgehead atoms. The molecule has 1 fully saturated rings. The van der Waals surface area contributed by atoms with Gasteiger partial charge in [0, 0.05) is 32.2 Å². The Kier molecular flexibility index (Phi) is 8.39. The van der Waals surface area contributed by atoms with E-state index >= 15 is 0 Å². The molecule has 5 nitrogen and oxygen atoms in total. The number of hydrogen-bond acceptors (Lipinski definition) is 3. The molecule has 1 heterocycles. The first-order valence-corrected chi connectivity index (χ1v) is 9.99. The first-order valence-electron chi connectivity index (χ1n) is 9.99. The molecule has 1 aliphatic rings. The molecule has 1 aliphatic heterocycles. The monoisotopic (exact) mass is 360 g/mol. The molecule has 1 atom stereocenters. The Hall–Kier alpha value is -1.59. The summed E-state index contributed by atoms with van der Waals surface area (Å²) in [5, 5.41) is 17.2. The molecule has 1 aromatic rings. The lowest BCUT2D eigenvalue weighted by Crippen LogP contribution is -2.49. The summed E-state index contributed by atoms with van der Waals surface area (Å²) in [5.41, 5.74) is 2.11. The van der Waals surface area contributed by atoms with Gasteiger partial charge in [0.05, 0.1) is 12.6 Å². The molecule has 26 heavy (non-hydrogen) atoms. The highest BCUT2D eigenvalue weighted by Crippen LogP contribution is 2.14. The number of piperidine rings is 1. The molecule has 3 N–H and O–H groups in total. The Labute approximate surface area is 158 Å². The Morgan fingerprint density at radius 1 is 1.23 bits per heavy atom. The minimum Gasteiger partial charge on any atom is -0.386 e. The van der Waals surface area contributed by atoms with Crippen molar-refractivity contribution in [3.05, 3.63) is 35.4 Å². The lowest BCUT2D eigenvalue weighted by atomic mass is 10.0. The van der Waals surface area contributed by atoms with Crippen LogP contribution in [0.15, 0.2) is 29.3 Å². The number of aliphatic imine (C=N–C) groups is 1. The van der Waals surface area contributed by atoms with Crippen LogP contribution in [0, 0.1) is 12.8 Å². The number of guanidine groups is 1. The van der Waals surface area contributed by atoms with E-state index in [4.69, 9.17) is 0 Å². The van der Waals surface area contributed by atoms with Gasteiger partial charge in [0.25, 0.3) is 0 Å². The van der Waals surface area contributed by atoms with Crippen LogP contribution in [0.2, 0.25) is 0 Å². The van der Waals surface area contributed by atoms with Crippen molar-refractivity contribution in [2.45, 2.75) is 52.7 Å². The van der Waals surface area contributed by atoms with E-state index in [-0.39, 0.29) is 0 Å². The van der Waals surface area contributed by atoms with E-state index in [1.807, 2.05) is 31.2 Å². The zero-order valence-electron chi connectivity index (χ0n) is 16.8. The van der Waals surface area contributed by atoms with Gasteiger partial charge in [0.2, 0.25) is 0 Å². The van der Waals surface area contributed by atoms with Gasteiger partial charge in [-0.2, -0.15) is 0 Å². The summed E-state index contributed by atoms with van der Waals surface area (Å²) in [6.07, 6.45) is 1.70. The van der Waals surface area contributed by atoms with Crippen LogP contribution in [0.4, 0.5) is 0 Å². The number of aliphatic hydroxyl groups is 1. The summed E-state index contributed by atoms with van der Waals surface area (Å²) in [6, 6.07) is 8.45. The molecule has 1 unspecified atom stereocenters. The first-order chi connectivity index (χ1) is 12.5. The van der Waals surface area contributed by atoms with Crippen molar-refractivity contribution in [2.75, 3.05) is 32.7 Å². The lowest BCUT2D eigenvalue weighted by molar-refractivity contribution is 0.184. The van der Waals surface area contributed by atoms with E-state index in [2.05, 4.69) is 41.3 Å². The minimum absolute atomic E-state index is 0.366. The normalized spacial score (nSPS) is 18.2. The molecule has 146 valence electrons. The molecule has 0 aliphatic carbocycles.